The maximum absolute atomic E-state index is 13.5. The monoisotopic (exact) mass is 502 g/mol. The Bertz CT molecular complexity index is 1500. The van der Waals surface area contributed by atoms with E-state index >= 15 is 0 Å². The third kappa shape index (κ3) is 4.89. The molecule has 4 heterocycles. The first-order chi connectivity index (χ1) is 17.0. The van der Waals surface area contributed by atoms with Gasteiger partial charge in [0.25, 0.3) is 11.5 Å². The number of benzene rings is 1. The molecule has 4 aromatic rings. The van der Waals surface area contributed by atoms with Crippen molar-refractivity contribution in [2.75, 3.05) is 11.9 Å². The van der Waals surface area contributed by atoms with E-state index < -0.39 is 0 Å². The van der Waals surface area contributed by atoms with Gasteiger partial charge in [-0.25, -0.2) is 9.97 Å². The van der Waals surface area contributed by atoms with Gasteiger partial charge in [0.1, 0.15) is 15.8 Å². The summed E-state index contributed by atoms with van der Waals surface area (Å²) in [6.07, 6.45) is 8.66. The van der Waals surface area contributed by atoms with Gasteiger partial charge in [-0.1, -0.05) is 60.4 Å². The molecule has 1 aliphatic rings. The number of fused-ring (bicyclic) bond motifs is 1. The third-order valence-electron chi connectivity index (χ3n) is 5.56. The number of pyridine rings is 1. The molecule has 1 amide bonds. The summed E-state index contributed by atoms with van der Waals surface area (Å²) in [5.41, 5.74) is 2.51. The predicted octanol–water partition coefficient (Wildman–Crippen LogP) is 3.71. The van der Waals surface area contributed by atoms with E-state index in [4.69, 9.17) is 12.2 Å². The number of hydrogen-bond donors (Lipinski definition) is 1. The molecule has 1 N–H and O–H groups in total. The van der Waals surface area contributed by atoms with Crippen LogP contribution in [0.5, 0.6) is 0 Å². The third-order valence-corrected chi connectivity index (χ3v) is 6.94. The van der Waals surface area contributed by atoms with Crippen LogP contribution >= 0.6 is 24.0 Å². The smallest absolute Gasteiger partial charge is 0.267 e. The molecule has 1 aromatic carbocycles. The summed E-state index contributed by atoms with van der Waals surface area (Å²) in [5, 5.41) is 3.27. The Balaban J connectivity index is 1.50. The number of thioether (sulfide) groups is 1. The summed E-state index contributed by atoms with van der Waals surface area (Å²) in [7, 11) is 0. The lowest BCUT2D eigenvalue weighted by Crippen LogP contribution is -2.27. The molecule has 8 nitrogen and oxygen atoms in total. The molecule has 35 heavy (non-hydrogen) atoms. The van der Waals surface area contributed by atoms with Crippen LogP contribution in [0.1, 0.15) is 16.7 Å². The van der Waals surface area contributed by atoms with Crippen LogP contribution in [0.3, 0.4) is 0 Å². The van der Waals surface area contributed by atoms with E-state index in [-0.39, 0.29) is 11.5 Å². The number of carbonyl (C=O) groups is 1. The highest BCUT2D eigenvalue weighted by Crippen LogP contribution is 2.34. The van der Waals surface area contributed by atoms with Crippen molar-refractivity contribution in [3.8, 4) is 0 Å². The minimum atomic E-state index is -0.253. The summed E-state index contributed by atoms with van der Waals surface area (Å²) in [4.78, 5) is 37.4. The Kier molecular flexibility index (Phi) is 6.47. The zero-order valence-corrected chi connectivity index (χ0v) is 20.6. The van der Waals surface area contributed by atoms with Gasteiger partial charge in [0, 0.05) is 31.7 Å². The molecule has 0 spiro atoms. The highest BCUT2D eigenvalue weighted by Gasteiger charge is 2.32. The molecule has 1 fully saturated rings. The molecule has 0 atom stereocenters. The van der Waals surface area contributed by atoms with Crippen molar-refractivity contribution in [1.29, 1.82) is 0 Å². The lowest BCUT2D eigenvalue weighted by molar-refractivity contribution is -0.122. The average molecular weight is 503 g/mol. The van der Waals surface area contributed by atoms with Crippen LogP contribution in [0, 0.1) is 6.92 Å². The normalized spacial score (nSPS) is 14.9. The van der Waals surface area contributed by atoms with Gasteiger partial charge in [0.05, 0.1) is 23.3 Å². The number of thiocarbonyl (C=S) groups is 1. The van der Waals surface area contributed by atoms with E-state index in [0.717, 1.165) is 11.1 Å². The molecular formula is C25H22N6O2S2. The van der Waals surface area contributed by atoms with Gasteiger partial charge in [-0.3, -0.25) is 18.9 Å². The van der Waals surface area contributed by atoms with Crippen LogP contribution in [-0.2, 0) is 17.9 Å². The molecule has 0 unspecified atom stereocenters. The second-order valence-corrected chi connectivity index (χ2v) is 9.77. The SMILES string of the molecule is Cc1ccc2nc(NCCn3ccnc3)c(/C=C3\SC(=S)N(Cc4ccccc4)C3=O)c(=O)n2c1. The zero-order chi connectivity index (χ0) is 24.4. The van der Waals surface area contributed by atoms with Crippen molar-refractivity contribution in [2.45, 2.75) is 20.0 Å². The number of amides is 1. The Morgan fingerprint density at radius 1 is 1.14 bits per heavy atom. The van der Waals surface area contributed by atoms with Crippen molar-refractivity contribution in [2.24, 2.45) is 0 Å². The largest absolute Gasteiger partial charge is 0.368 e. The average Bonchev–Trinajstić information content (AvgIpc) is 3.46. The quantitative estimate of drug-likeness (QED) is 0.305. The Morgan fingerprint density at radius 3 is 2.74 bits per heavy atom. The molecule has 0 radical (unpaired) electrons. The van der Waals surface area contributed by atoms with Gasteiger partial charge in [0.2, 0.25) is 0 Å². The van der Waals surface area contributed by atoms with Crippen molar-refractivity contribution in [1.82, 2.24) is 23.8 Å². The van der Waals surface area contributed by atoms with Crippen LogP contribution in [0.2, 0.25) is 0 Å². The fourth-order valence-electron chi connectivity index (χ4n) is 3.78. The molecule has 5 rings (SSSR count). The molecule has 1 aliphatic heterocycles. The predicted molar refractivity (Wildman–Crippen MR) is 142 cm³/mol. The van der Waals surface area contributed by atoms with Crippen LogP contribution in [-0.4, -0.2) is 40.6 Å². The summed E-state index contributed by atoms with van der Waals surface area (Å²) in [6, 6.07) is 13.4. The summed E-state index contributed by atoms with van der Waals surface area (Å²) < 4.78 is 3.90. The van der Waals surface area contributed by atoms with Gasteiger partial charge in [0.15, 0.2) is 0 Å². The topological polar surface area (TPSA) is 84.5 Å². The van der Waals surface area contributed by atoms with E-state index in [1.165, 1.54) is 16.2 Å². The number of rotatable bonds is 7. The Morgan fingerprint density at radius 2 is 1.97 bits per heavy atom. The van der Waals surface area contributed by atoms with Crippen molar-refractivity contribution in [3.05, 3.63) is 99.3 Å². The fourth-order valence-corrected chi connectivity index (χ4v) is 5.02. The first-order valence-corrected chi connectivity index (χ1v) is 12.2. The van der Waals surface area contributed by atoms with Gasteiger partial charge in [-0.05, 0) is 30.2 Å². The van der Waals surface area contributed by atoms with Gasteiger partial charge < -0.3 is 9.88 Å². The van der Waals surface area contributed by atoms with Crippen LogP contribution in [0.25, 0.3) is 11.7 Å². The first-order valence-electron chi connectivity index (χ1n) is 11.0. The molecule has 176 valence electrons. The molecule has 1 saturated heterocycles. The lowest BCUT2D eigenvalue weighted by Gasteiger charge is -2.14. The lowest BCUT2D eigenvalue weighted by atomic mass is 10.2. The van der Waals surface area contributed by atoms with E-state index in [1.54, 1.807) is 35.8 Å². The van der Waals surface area contributed by atoms with Crippen molar-refractivity contribution >= 4 is 51.7 Å². The molecule has 0 aliphatic carbocycles. The number of nitrogens with one attached hydrogen (secondary N) is 1. The maximum atomic E-state index is 13.5. The number of anilines is 1. The number of carbonyl (C=O) groups excluding carboxylic acids is 1. The van der Waals surface area contributed by atoms with Crippen LogP contribution in [0.15, 0.2) is 77.1 Å². The maximum Gasteiger partial charge on any atom is 0.267 e. The van der Waals surface area contributed by atoms with E-state index in [1.807, 2.05) is 54.1 Å². The van der Waals surface area contributed by atoms with Gasteiger partial charge >= 0.3 is 0 Å². The van der Waals surface area contributed by atoms with E-state index in [0.29, 0.717) is 45.9 Å². The fraction of sp³-hybridized carbons (Fsp3) is 0.160. The summed E-state index contributed by atoms with van der Waals surface area (Å²) in [5.74, 6) is 0.203. The number of aryl methyl sites for hydroxylation is 1. The number of nitrogens with zero attached hydrogens (tertiary/aromatic N) is 5. The van der Waals surface area contributed by atoms with Crippen LogP contribution < -0.4 is 10.9 Å². The molecule has 0 bridgehead atoms. The van der Waals surface area contributed by atoms with E-state index in [9.17, 15) is 9.59 Å². The first kappa shape index (κ1) is 23.0. The Hall–Kier alpha value is -3.76. The number of aromatic nitrogens is 4. The van der Waals surface area contributed by atoms with Gasteiger partial charge in [-0.2, -0.15) is 0 Å². The van der Waals surface area contributed by atoms with Crippen molar-refractivity contribution < 1.29 is 4.79 Å². The molecule has 3 aromatic heterocycles. The van der Waals surface area contributed by atoms with E-state index in [2.05, 4.69) is 15.3 Å². The summed E-state index contributed by atoms with van der Waals surface area (Å²) in [6.45, 7) is 3.47. The Labute approximate surface area is 211 Å². The minimum Gasteiger partial charge on any atom is -0.368 e. The second-order valence-electron chi connectivity index (χ2n) is 8.09. The molecule has 0 saturated carbocycles. The highest BCUT2D eigenvalue weighted by molar-refractivity contribution is 8.26. The van der Waals surface area contributed by atoms with Crippen LogP contribution in [0.4, 0.5) is 5.82 Å². The molecule has 10 heteroatoms. The zero-order valence-electron chi connectivity index (χ0n) is 18.9. The summed E-state index contributed by atoms with van der Waals surface area (Å²) >= 11 is 6.69. The highest BCUT2D eigenvalue weighted by atomic mass is 32.2. The number of imidazole rings is 1. The minimum absolute atomic E-state index is 0.220. The van der Waals surface area contributed by atoms with Crippen molar-refractivity contribution in [3.63, 3.8) is 0 Å². The second kappa shape index (κ2) is 9.85. The van der Waals surface area contributed by atoms with Gasteiger partial charge in [-0.15, -0.1) is 0 Å². The number of hydrogen-bond acceptors (Lipinski definition) is 7. The molecular weight excluding hydrogens is 480 g/mol. The standard InChI is InChI=1S/C25H22N6O2S2/c1-17-7-8-21-28-22(27-10-12-29-11-9-26-16-29)19(23(32)30(21)14-17)13-20-24(33)31(25(34)35-20)15-18-5-3-2-4-6-18/h2-9,11,13-14,16,27H,10,12,15H2,1H3/b20-13-.